The number of nitrogens with one attached hydrogen (secondary N) is 3. The van der Waals surface area contributed by atoms with Crippen LogP contribution in [0.3, 0.4) is 0 Å². The van der Waals surface area contributed by atoms with Crippen molar-refractivity contribution in [2.75, 3.05) is 60.9 Å². The van der Waals surface area contributed by atoms with E-state index >= 15 is 0 Å². The highest BCUT2D eigenvalue weighted by Crippen LogP contribution is 2.33. The van der Waals surface area contributed by atoms with E-state index in [-0.39, 0.29) is 29.4 Å². The molecule has 1 atom stereocenters. The topological polar surface area (TPSA) is 231 Å². The fourth-order valence-electron chi connectivity index (χ4n) is 8.71. The van der Waals surface area contributed by atoms with Gasteiger partial charge < -0.3 is 15.1 Å². The zero-order valence-corrected chi connectivity index (χ0v) is 34.2. The van der Waals surface area contributed by atoms with Gasteiger partial charge in [0.2, 0.25) is 16.8 Å². The molecule has 0 aliphatic carbocycles. The van der Waals surface area contributed by atoms with Gasteiger partial charge in [0.1, 0.15) is 17.4 Å². The molecule has 3 fully saturated rings. The monoisotopic (exact) mass is 847 g/mol. The fraction of sp³-hybridized carbons (Fsp3) is 0.341. The van der Waals surface area contributed by atoms with Crippen molar-refractivity contribution >= 4 is 55.8 Å². The molecule has 19 nitrogen and oxygen atoms in total. The van der Waals surface area contributed by atoms with Crippen LogP contribution in [0.2, 0.25) is 0 Å². The van der Waals surface area contributed by atoms with Crippen LogP contribution < -0.4 is 31.3 Å². The number of sulfonamides is 1. The number of benzene rings is 2. The summed E-state index contributed by atoms with van der Waals surface area (Å²) in [5.41, 5.74) is 4.94. The summed E-state index contributed by atoms with van der Waals surface area (Å²) in [6.45, 7) is 6.24. The van der Waals surface area contributed by atoms with Gasteiger partial charge in [0.05, 0.1) is 40.0 Å². The third-order valence-electron chi connectivity index (χ3n) is 11.9. The number of aryl methyl sites for hydroxylation is 1. The Morgan fingerprint density at radius 1 is 0.885 bits per heavy atom. The second kappa shape index (κ2) is 16.1. The second-order valence-electron chi connectivity index (χ2n) is 15.7. The first kappa shape index (κ1) is 39.8. The molecule has 1 unspecified atom stereocenters. The van der Waals surface area contributed by atoms with E-state index in [9.17, 15) is 27.6 Å². The van der Waals surface area contributed by atoms with Crippen LogP contribution in [0.5, 0.6) is 0 Å². The number of rotatable bonds is 10. The van der Waals surface area contributed by atoms with Crippen molar-refractivity contribution in [3.63, 3.8) is 0 Å². The maximum absolute atomic E-state index is 13.4. The number of aromatic amines is 1. The summed E-state index contributed by atoms with van der Waals surface area (Å²) >= 11 is 0. The number of hydrogen-bond donors (Lipinski definition) is 4. The van der Waals surface area contributed by atoms with Crippen molar-refractivity contribution in [2.24, 2.45) is 18.1 Å². The van der Waals surface area contributed by atoms with E-state index in [4.69, 9.17) is 5.14 Å². The van der Waals surface area contributed by atoms with Gasteiger partial charge in [-0.15, -0.1) is 0 Å². The van der Waals surface area contributed by atoms with Crippen molar-refractivity contribution in [1.29, 1.82) is 0 Å². The Hall–Kier alpha value is -6.64. The average molecular weight is 848 g/mol. The fourth-order valence-corrected chi connectivity index (χ4v) is 9.32. The van der Waals surface area contributed by atoms with Crippen LogP contribution in [0.15, 0.2) is 88.9 Å². The summed E-state index contributed by atoms with van der Waals surface area (Å²) < 4.78 is 29.6. The SMILES string of the molecule is Cn1c(=O)n(C2CCC(=O)NC2=O)c2cccc(N3CCC(CN4CCN(c5ccc(-n6cc(NC(=O)c7cccc(-c8ccn[nH]8)n7)c(S(N)(=O)=O)n6)cc5)CC4)CC3)c21. The molecule has 6 aromatic rings. The van der Waals surface area contributed by atoms with Crippen LogP contribution in [-0.4, -0.2) is 111 Å². The lowest BCUT2D eigenvalue weighted by molar-refractivity contribution is -0.135. The number of primary sulfonamides is 1. The first-order valence-electron chi connectivity index (χ1n) is 20.2. The quantitative estimate of drug-likeness (QED) is 0.146. The highest BCUT2D eigenvalue weighted by molar-refractivity contribution is 7.89. The zero-order valence-electron chi connectivity index (χ0n) is 33.4. The normalized spacial score (nSPS) is 18.2. The van der Waals surface area contributed by atoms with Crippen molar-refractivity contribution in [2.45, 2.75) is 36.8 Å². The minimum absolute atomic E-state index is 0.0662. The Balaban J connectivity index is 0.799. The first-order chi connectivity index (χ1) is 29.4. The van der Waals surface area contributed by atoms with Crippen LogP contribution in [0.1, 0.15) is 42.2 Å². The van der Waals surface area contributed by atoms with Crippen molar-refractivity contribution in [3.8, 4) is 17.1 Å². The minimum atomic E-state index is -4.29. The third-order valence-corrected chi connectivity index (χ3v) is 12.7. The Labute approximate surface area is 350 Å². The maximum atomic E-state index is 13.4. The van der Waals surface area contributed by atoms with E-state index in [1.807, 2.05) is 42.5 Å². The summed E-state index contributed by atoms with van der Waals surface area (Å²) in [6.07, 6.45) is 5.52. The van der Waals surface area contributed by atoms with Gasteiger partial charge in [-0.05, 0) is 79.8 Å². The Bertz CT molecular complexity index is 2800. The number of imide groups is 1. The number of carbonyl (C=O) groups is 3. The van der Waals surface area contributed by atoms with Gasteiger partial charge in [0, 0.05) is 71.2 Å². The maximum Gasteiger partial charge on any atom is 0.329 e. The highest BCUT2D eigenvalue weighted by atomic mass is 32.2. The highest BCUT2D eigenvalue weighted by Gasteiger charge is 2.33. The van der Waals surface area contributed by atoms with Crippen LogP contribution in [0.25, 0.3) is 28.1 Å². The number of nitrogens with zero attached hydrogens (tertiary/aromatic N) is 9. The minimum Gasteiger partial charge on any atom is -0.370 e. The molecule has 3 saturated heterocycles. The van der Waals surface area contributed by atoms with E-state index in [0.29, 0.717) is 34.9 Å². The molecule has 4 aromatic heterocycles. The number of aromatic nitrogens is 7. The number of piperazine rings is 1. The number of piperidine rings is 2. The molecule has 3 aliphatic heterocycles. The van der Waals surface area contributed by atoms with E-state index in [0.717, 1.165) is 75.5 Å². The summed E-state index contributed by atoms with van der Waals surface area (Å²) in [7, 11) is -2.55. The summed E-state index contributed by atoms with van der Waals surface area (Å²) in [6, 6.07) is 19.4. The number of H-pyrrole nitrogens is 1. The van der Waals surface area contributed by atoms with Crippen LogP contribution in [0.4, 0.5) is 17.1 Å². The lowest BCUT2D eigenvalue weighted by Crippen LogP contribution is -2.49. The van der Waals surface area contributed by atoms with Gasteiger partial charge in [-0.2, -0.15) is 10.2 Å². The predicted molar refractivity (Wildman–Crippen MR) is 227 cm³/mol. The molecule has 3 amide bonds. The Kier molecular flexibility index (Phi) is 10.5. The molecule has 2 aromatic carbocycles. The molecule has 316 valence electrons. The van der Waals surface area contributed by atoms with Gasteiger partial charge in [0.25, 0.3) is 15.9 Å². The lowest BCUT2D eigenvalue weighted by Gasteiger charge is -2.40. The molecule has 61 heavy (non-hydrogen) atoms. The molecule has 0 radical (unpaired) electrons. The standard InChI is InChI=1S/C41H45N13O6S/c1-49-37-33(6-3-7-34(37)54(41(49)58)35-12-13-36(55)46-39(35)57)52-18-15-26(16-19-52)24-50-20-22-51(23-21-50)27-8-10-28(11-9-27)53-25-32(40(48-53)61(42,59)60)45-38(56)31-5-2-4-29(44-31)30-14-17-43-47-30/h2-11,14,17,25-26,35H,12-13,15-16,18-24H2,1H3,(H,43,47)(H,45,56)(H2,42,59,60)(H,46,55,57). The van der Waals surface area contributed by atoms with Crippen LogP contribution in [0, 0.1) is 5.92 Å². The molecule has 20 heteroatoms. The van der Waals surface area contributed by atoms with Gasteiger partial charge in [-0.25, -0.2) is 28.0 Å². The molecule has 0 spiro atoms. The number of pyridine rings is 1. The number of carbonyl (C=O) groups excluding carboxylic acids is 3. The lowest BCUT2D eigenvalue weighted by atomic mass is 9.95. The molecule has 5 N–H and O–H groups in total. The number of anilines is 3. The largest absolute Gasteiger partial charge is 0.370 e. The Morgan fingerprint density at radius 2 is 1.62 bits per heavy atom. The molecular formula is C41H45N13O6S. The van der Waals surface area contributed by atoms with Gasteiger partial charge in [-0.1, -0.05) is 12.1 Å². The number of para-hydroxylation sites is 1. The average Bonchev–Trinajstić information content (AvgIpc) is 4.01. The van der Waals surface area contributed by atoms with Crippen LogP contribution in [-0.2, 0) is 26.7 Å². The van der Waals surface area contributed by atoms with Crippen molar-refractivity contribution < 1.29 is 22.8 Å². The number of amides is 3. The number of hydrogen-bond acceptors (Lipinski definition) is 12. The smallest absolute Gasteiger partial charge is 0.329 e. The predicted octanol–water partition coefficient (Wildman–Crippen LogP) is 2.23. The number of imidazole rings is 1. The number of fused-ring (bicyclic) bond motifs is 1. The number of nitrogens with two attached hydrogens (primary N) is 1. The summed E-state index contributed by atoms with van der Waals surface area (Å²) in [5.74, 6) is -0.846. The van der Waals surface area contributed by atoms with Gasteiger partial charge in [-0.3, -0.25) is 38.8 Å². The summed E-state index contributed by atoms with van der Waals surface area (Å²) in [5, 5.41) is 21.0. The van der Waals surface area contributed by atoms with E-state index in [2.05, 4.69) is 45.6 Å². The van der Waals surface area contributed by atoms with E-state index in [1.165, 1.54) is 21.5 Å². The Morgan fingerprint density at radius 3 is 2.33 bits per heavy atom. The van der Waals surface area contributed by atoms with E-state index < -0.39 is 32.9 Å². The second-order valence-corrected chi connectivity index (χ2v) is 17.2. The van der Waals surface area contributed by atoms with Crippen molar-refractivity contribution in [3.05, 3.63) is 95.3 Å². The van der Waals surface area contributed by atoms with Crippen LogP contribution >= 0.6 is 0 Å². The zero-order chi connectivity index (χ0) is 42.4. The molecule has 0 saturated carbocycles. The molecule has 7 heterocycles. The molecular weight excluding hydrogens is 803 g/mol. The van der Waals surface area contributed by atoms with Gasteiger partial charge in [0.15, 0.2) is 0 Å². The van der Waals surface area contributed by atoms with Crippen molar-refractivity contribution in [1.82, 2.24) is 44.3 Å². The third kappa shape index (κ3) is 7.91. The molecule has 3 aliphatic rings. The van der Waals surface area contributed by atoms with Gasteiger partial charge >= 0.3 is 5.69 Å². The van der Waals surface area contributed by atoms with E-state index in [1.54, 1.807) is 36.0 Å². The molecule has 9 rings (SSSR count). The molecule has 0 bridgehead atoms. The summed E-state index contributed by atoms with van der Waals surface area (Å²) in [4.78, 5) is 62.7. The first-order valence-corrected chi connectivity index (χ1v) is 21.7.